The lowest BCUT2D eigenvalue weighted by Crippen LogP contribution is -1.97. The standard InChI is InChI=1S/C11H10Cl2O3/c1-6(3-11(14)15)7-4-9(13)10(16-2)5-8(7)12/h4-5H,1,3H2,2H3,(H,14,15). The van der Waals surface area contributed by atoms with E-state index in [1.54, 1.807) is 6.07 Å². The molecule has 0 unspecified atom stereocenters. The van der Waals surface area contributed by atoms with Crippen LogP contribution in [-0.2, 0) is 4.79 Å². The van der Waals surface area contributed by atoms with Gasteiger partial charge in [-0.2, -0.15) is 0 Å². The maximum Gasteiger partial charge on any atom is 0.307 e. The fourth-order valence-electron chi connectivity index (χ4n) is 1.23. The van der Waals surface area contributed by atoms with Crippen molar-refractivity contribution in [2.45, 2.75) is 6.42 Å². The van der Waals surface area contributed by atoms with Crippen molar-refractivity contribution in [1.82, 2.24) is 0 Å². The zero-order chi connectivity index (χ0) is 12.3. The molecule has 0 aliphatic rings. The van der Waals surface area contributed by atoms with E-state index in [2.05, 4.69) is 6.58 Å². The maximum absolute atomic E-state index is 10.5. The molecule has 0 atom stereocenters. The van der Waals surface area contributed by atoms with Crippen LogP contribution in [0.25, 0.3) is 5.57 Å². The molecule has 0 radical (unpaired) electrons. The Hall–Kier alpha value is -1.19. The summed E-state index contributed by atoms with van der Waals surface area (Å²) in [5, 5.41) is 9.38. The van der Waals surface area contributed by atoms with Crippen molar-refractivity contribution in [3.63, 3.8) is 0 Å². The molecule has 16 heavy (non-hydrogen) atoms. The fraction of sp³-hybridized carbons (Fsp3) is 0.182. The molecule has 0 aromatic heterocycles. The van der Waals surface area contributed by atoms with E-state index in [4.69, 9.17) is 33.0 Å². The average Bonchev–Trinajstić information content (AvgIpc) is 2.19. The van der Waals surface area contributed by atoms with Crippen LogP contribution in [0.2, 0.25) is 10.0 Å². The second-order valence-corrected chi connectivity index (χ2v) is 3.96. The summed E-state index contributed by atoms with van der Waals surface area (Å²) < 4.78 is 4.98. The molecule has 1 aromatic carbocycles. The molecule has 86 valence electrons. The second-order valence-electron chi connectivity index (χ2n) is 3.14. The minimum atomic E-state index is -0.965. The molecule has 1 rings (SSSR count). The molecule has 0 amide bonds. The van der Waals surface area contributed by atoms with Crippen LogP contribution in [0.3, 0.4) is 0 Å². The van der Waals surface area contributed by atoms with Crippen molar-refractivity contribution < 1.29 is 14.6 Å². The third-order valence-corrected chi connectivity index (χ3v) is 2.60. The summed E-state index contributed by atoms with van der Waals surface area (Å²) in [7, 11) is 1.48. The third-order valence-electron chi connectivity index (χ3n) is 1.99. The largest absolute Gasteiger partial charge is 0.495 e. The first kappa shape index (κ1) is 12.9. The Morgan fingerprint density at radius 3 is 2.56 bits per heavy atom. The maximum atomic E-state index is 10.5. The zero-order valence-corrected chi connectivity index (χ0v) is 10.1. The van der Waals surface area contributed by atoms with Gasteiger partial charge in [-0.1, -0.05) is 29.8 Å². The lowest BCUT2D eigenvalue weighted by Gasteiger charge is -2.09. The molecule has 1 aromatic rings. The van der Waals surface area contributed by atoms with Crippen LogP contribution >= 0.6 is 23.2 Å². The molecule has 1 N–H and O–H groups in total. The van der Waals surface area contributed by atoms with Gasteiger partial charge in [-0.05, 0) is 17.2 Å². The minimum Gasteiger partial charge on any atom is -0.495 e. The van der Waals surface area contributed by atoms with Gasteiger partial charge in [0.15, 0.2) is 0 Å². The molecular weight excluding hydrogens is 251 g/mol. The van der Waals surface area contributed by atoms with Gasteiger partial charge in [-0.25, -0.2) is 0 Å². The summed E-state index contributed by atoms with van der Waals surface area (Å²) in [5.41, 5.74) is 0.928. The number of methoxy groups -OCH3 is 1. The van der Waals surface area contributed by atoms with Gasteiger partial charge in [0.2, 0.25) is 0 Å². The van der Waals surface area contributed by atoms with E-state index < -0.39 is 5.97 Å². The summed E-state index contributed by atoms with van der Waals surface area (Å²) in [6.07, 6.45) is -0.178. The summed E-state index contributed by atoms with van der Waals surface area (Å²) in [4.78, 5) is 10.5. The first-order valence-corrected chi connectivity index (χ1v) is 5.14. The molecular formula is C11H10Cl2O3. The minimum absolute atomic E-state index is 0.178. The number of hydrogen-bond acceptors (Lipinski definition) is 2. The van der Waals surface area contributed by atoms with Crippen molar-refractivity contribution in [2.24, 2.45) is 0 Å². The lowest BCUT2D eigenvalue weighted by molar-refractivity contribution is -0.135. The number of ether oxygens (including phenoxy) is 1. The Morgan fingerprint density at radius 1 is 1.44 bits per heavy atom. The van der Waals surface area contributed by atoms with Crippen molar-refractivity contribution >= 4 is 34.7 Å². The van der Waals surface area contributed by atoms with E-state index in [0.29, 0.717) is 26.9 Å². The van der Waals surface area contributed by atoms with Crippen LogP contribution < -0.4 is 4.74 Å². The zero-order valence-electron chi connectivity index (χ0n) is 8.59. The Balaban J connectivity index is 3.10. The van der Waals surface area contributed by atoms with Gasteiger partial charge in [-0.15, -0.1) is 0 Å². The predicted octanol–water partition coefficient (Wildman–Crippen LogP) is 3.49. The SMILES string of the molecule is C=C(CC(=O)O)c1cc(Cl)c(OC)cc1Cl. The molecule has 5 heteroatoms. The molecule has 0 fully saturated rings. The highest BCUT2D eigenvalue weighted by Gasteiger charge is 2.12. The number of rotatable bonds is 4. The Labute approximate surface area is 103 Å². The van der Waals surface area contributed by atoms with Crippen LogP contribution in [0.15, 0.2) is 18.7 Å². The highest BCUT2D eigenvalue weighted by atomic mass is 35.5. The van der Waals surface area contributed by atoms with Gasteiger partial charge < -0.3 is 9.84 Å². The van der Waals surface area contributed by atoms with Gasteiger partial charge >= 0.3 is 5.97 Å². The first-order valence-electron chi connectivity index (χ1n) is 4.38. The van der Waals surface area contributed by atoms with Gasteiger partial charge in [0.1, 0.15) is 5.75 Å². The van der Waals surface area contributed by atoms with Crippen LogP contribution in [0, 0.1) is 0 Å². The predicted molar refractivity (Wildman–Crippen MR) is 64.3 cm³/mol. The van der Waals surface area contributed by atoms with E-state index in [1.165, 1.54) is 13.2 Å². The molecule has 0 aliphatic heterocycles. The third kappa shape index (κ3) is 2.90. The van der Waals surface area contributed by atoms with Crippen LogP contribution in [0.1, 0.15) is 12.0 Å². The lowest BCUT2D eigenvalue weighted by atomic mass is 10.0. The molecule has 0 bridgehead atoms. The summed E-state index contributed by atoms with van der Waals surface area (Å²) in [6.45, 7) is 3.66. The van der Waals surface area contributed by atoms with Crippen molar-refractivity contribution in [1.29, 1.82) is 0 Å². The number of aliphatic carboxylic acids is 1. The van der Waals surface area contributed by atoms with Crippen molar-refractivity contribution in [2.75, 3.05) is 7.11 Å². The topological polar surface area (TPSA) is 46.5 Å². The normalized spacial score (nSPS) is 9.94. The Kier molecular flexibility index (Phi) is 4.21. The summed E-state index contributed by atoms with van der Waals surface area (Å²) in [5.74, 6) is -0.522. The van der Waals surface area contributed by atoms with E-state index >= 15 is 0 Å². The van der Waals surface area contributed by atoms with Crippen molar-refractivity contribution in [3.05, 3.63) is 34.3 Å². The number of carboxylic acids is 1. The highest BCUT2D eigenvalue weighted by molar-refractivity contribution is 6.35. The van der Waals surface area contributed by atoms with E-state index in [1.807, 2.05) is 0 Å². The number of benzene rings is 1. The molecule has 0 spiro atoms. The van der Waals surface area contributed by atoms with Gasteiger partial charge in [0.25, 0.3) is 0 Å². The van der Waals surface area contributed by atoms with Gasteiger partial charge in [0.05, 0.1) is 23.6 Å². The summed E-state index contributed by atoms with van der Waals surface area (Å²) in [6, 6.07) is 3.08. The van der Waals surface area contributed by atoms with E-state index in [9.17, 15) is 4.79 Å². The summed E-state index contributed by atoms with van der Waals surface area (Å²) >= 11 is 11.9. The number of carbonyl (C=O) groups is 1. The van der Waals surface area contributed by atoms with Gasteiger partial charge in [-0.3, -0.25) is 4.79 Å². The van der Waals surface area contributed by atoms with E-state index in [0.717, 1.165) is 0 Å². The Bertz CT molecular complexity index is 441. The smallest absolute Gasteiger partial charge is 0.307 e. The molecule has 3 nitrogen and oxygen atoms in total. The highest BCUT2D eigenvalue weighted by Crippen LogP contribution is 2.34. The monoisotopic (exact) mass is 260 g/mol. The molecule has 0 saturated carbocycles. The van der Waals surface area contributed by atoms with Crippen molar-refractivity contribution in [3.8, 4) is 5.75 Å². The number of carboxylic acid groups (broad SMARTS) is 1. The first-order chi connectivity index (χ1) is 7.45. The van der Waals surface area contributed by atoms with Crippen LogP contribution in [0.4, 0.5) is 0 Å². The number of halogens is 2. The fourth-order valence-corrected chi connectivity index (χ4v) is 1.76. The van der Waals surface area contributed by atoms with Crippen LogP contribution in [-0.4, -0.2) is 18.2 Å². The molecule has 0 aliphatic carbocycles. The molecule has 0 saturated heterocycles. The number of hydrogen-bond donors (Lipinski definition) is 1. The molecule has 0 heterocycles. The second kappa shape index (κ2) is 5.23. The van der Waals surface area contributed by atoms with Gasteiger partial charge in [0, 0.05) is 6.07 Å². The quantitative estimate of drug-likeness (QED) is 0.902. The average molecular weight is 261 g/mol. The van der Waals surface area contributed by atoms with Crippen LogP contribution in [0.5, 0.6) is 5.75 Å². The Morgan fingerprint density at radius 2 is 2.06 bits per heavy atom. The van der Waals surface area contributed by atoms with E-state index in [-0.39, 0.29) is 6.42 Å².